The lowest BCUT2D eigenvalue weighted by Gasteiger charge is -2.02. The number of thiophene rings is 1. The Morgan fingerprint density at radius 3 is 2.95 bits per heavy atom. The Morgan fingerprint density at radius 1 is 1.29 bits per heavy atom. The Morgan fingerprint density at radius 2 is 2.19 bits per heavy atom. The van der Waals surface area contributed by atoms with Gasteiger partial charge >= 0.3 is 0 Å². The standard InChI is InChI=1S/C15H11FN2O2S/c16-11-4-1-3-10(7-11)9-17-15(19)12-8-13(20-18-12)14-5-2-6-21-14/h1-8H,9H2,(H,17,19). The van der Waals surface area contributed by atoms with Gasteiger partial charge in [0.05, 0.1) is 4.88 Å². The Labute approximate surface area is 124 Å². The molecule has 0 atom stereocenters. The number of halogens is 1. The molecule has 0 radical (unpaired) electrons. The zero-order valence-electron chi connectivity index (χ0n) is 10.9. The molecule has 1 N–H and O–H groups in total. The highest BCUT2D eigenvalue weighted by Crippen LogP contribution is 2.25. The fourth-order valence-electron chi connectivity index (χ4n) is 1.84. The first-order valence-electron chi connectivity index (χ1n) is 6.25. The molecule has 1 amide bonds. The first kappa shape index (κ1) is 13.5. The van der Waals surface area contributed by atoms with Gasteiger partial charge in [0.15, 0.2) is 11.5 Å². The number of benzene rings is 1. The second kappa shape index (κ2) is 5.88. The van der Waals surface area contributed by atoms with E-state index in [1.807, 2.05) is 17.5 Å². The molecule has 0 bridgehead atoms. The van der Waals surface area contributed by atoms with Crippen LogP contribution >= 0.6 is 11.3 Å². The van der Waals surface area contributed by atoms with Crippen LogP contribution in [0.2, 0.25) is 0 Å². The molecule has 3 rings (SSSR count). The van der Waals surface area contributed by atoms with Crippen LogP contribution in [0.15, 0.2) is 52.4 Å². The minimum Gasteiger partial charge on any atom is -0.355 e. The SMILES string of the molecule is O=C(NCc1cccc(F)c1)c1cc(-c2cccs2)on1. The van der Waals surface area contributed by atoms with Crippen molar-refractivity contribution in [2.75, 3.05) is 0 Å². The molecule has 0 saturated heterocycles. The normalized spacial score (nSPS) is 10.5. The van der Waals surface area contributed by atoms with Crippen molar-refractivity contribution in [1.82, 2.24) is 10.5 Å². The predicted molar refractivity (Wildman–Crippen MR) is 77.4 cm³/mol. The smallest absolute Gasteiger partial charge is 0.273 e. The van der Waals surface area contributed by atoms with Crippen LogP contribution in [0, 0.1) is 5.82 Å². The van der Waals surface area contributed by atoms with Gasteiger partial charge < -0.3 is 9.84 Å². The molecule has 0 spiro atoms. The van der Waals surface area contributed by atoms with E-state index in [-0.39, 0.29) is 24.0 Å². The number of hydrogen-bond acceptors (Lipinski definition) is 4. The average molecular weight is 302 g/mol. The number of carbonyl (C=O) groups is 1. The van der Waals surface area contributed by atoms with Crippen LogP contribution in [0.5, 0.6) is 0 Å². The van der Waals surface area contributed by atoms with Gasteiger partial charge in [-0.1, -0.05) is 23.4 Å². The highest BCUT2D eigenvalue weighted by Gasteiger charge is 2.13. The Hall–Kier alpha value is -2.47. The molecule has 0 aliphatic rings. The summed E-state index contributed by atoms with van der Waals surface area (Å²) in [6, 6.07) is 11.4. The quantitative estimate of drug-likeness (QED) is 0.803. The van der Waals surface area contributed by atoms with Gasteiger partial charge in [-0.05, 0) is 29.1 Å². The zero-order valence-corrected chi connectivity index (χ0v) is 11.7. The molecule has 3 aromatic rings. The van der Waals surface area contributed by atoms with Crippen LogP contribution in [0.3, 0.4) is 0 Å². The van der Waals surface area contributed by atoms with Crippen LogP contribution in [0.1, 0.15) is 16.1 Å². The minimum atomic E-state index is -0.356. The van der Waals surface area contributed by atoms with Crippen molar-refractivity contribution in [1.29, 1.82) is 0 Å². The fraction of sp³-hybridized carbons (Fsp3) is 0.0667. The van der Waals surface area contributed by atoms with Crippen molar-refractivity contribution >= 4 is 17.2 Å². The second-order valence-electron chi connectivity index (χ2n) is 4.37. The van der Waals surface area contributed by atoms with E-state index < -0.39 is 0 Å². The topological polar surface area (TPSA) is 55.1 Å². The fourth-order valence-corrected chi connectivity index (χ4v) is 2.51. The van der Waals surface area contributed by atoms with Crippen LogP contribution in [-0.2, 0) is 6.54 Å². The summed E-state index contributed by atoms with van der Waals surface area (Å²) in [5.74, 6) is -0.130. The van der Waals surface area contributed by atoms with Gasteiger partial charge in [0.1, 0.15) is 5.82 Å². The van der Waals surface area contributed by atoms with Crippen LogP contribution in [0.25, 0.3) is 10.6 Å². The Balaban J connectivity index is 1.66. The van der Waals surface area contributed by atoms with Crippen molar-refractivity contribution in [2.24, 2.45) is 0 Å². The van der Waals surface area contributed by atoms with E-state index in [2.05, 4.69) is 10.5 Å². The molecule has 0 saturated carbocycles. The number of rotatable bonds is 4. The molecule has 0 fully saturated rings. The van der Waals surface area contributed by atoms with Crippen molar-refractivity contribution in [3.63, 3.8) is 0 Å². The van der Waals surface area contributed by atoms with Crippen molar-refractivity contribution < 1.29 is 13.7 Å². The third-order valence-electron chi connectivity index (χ3n) is 2.85. The van der Waals surface area contributed by atoms with E-state index in [4.69, 9.17) is 4.52 Å². The summed E-state index contributed by atoms with van der Waals surface area (Å²) in [5.41, 5.74) is 0.889. The van der Waals surface area contributed by atoms with E-state index in [1.165, 1.54) is 23.5 Å². The van der Waals surface area contributed by atoms with Crippen LogP contribution in [-0.4, -0.2) is 11.1 Å². The van der Waals surface area contributed by atoms with E-state index >= 15 is 0 Å². The summed E-state index contributed by atoms with van der Waals surface area (Å²) >= 11 is 1.51. The summed E-state index contributed by atoms with van der Waals surface area (Å²) in [6.45, 7) is 0.234. The first-order valence-corrected chi connectivity index (χ1v) is 7.13. The number of carbonyl (C=O) groups excluding carboxylic acids is 1. The maximum atomic E-state index is 13.0. The van der Waals surface area contributed by atoms with Crippen LogP contribution in [0.4, 0.5) is 4.39 Å². The van der Waals surface area contributed by atoms with E-state index in [1.54, 1.807) is 18.2 Å². The van der Waals surface area contributed by atoms with Crippen LogP contribution < -0.4 is 5.32 Å². The Bertz CT molecular complexity index is 753. The summed E-state index contributed by atoms with van der Waals surface area (Å²) in [5, 5.41) is 8.34. The molecule has 106 valence electrons. The van der Waals surface area contributed by atoms with Gasteiger partial charge in [0.2, 0.25) is 0 Å². The zero-order chi connectivity index (χ0) is 14.7. The van der Waals surface area contributed by atoms with Gasteiger partial charge in [-0.2, -0.15) is 0 Å². The Kier molecular flexibility index (Phi) is 3.79. The highest BCUT2D eigenvalue weighted by atomic mass is 32.1. The van der Waals surface area contributed by atoms with Gasteiger partial charge in [0, 0.05) is 12.6 Å². The summed E-state index contributed by atoms with van der Waals surface area (Å²) < 4.78 is 18.2. The average Bonchev–Trinajstić information content (AvgIpc) is 3.15. The molecular weight excluding hydrogens is 291 g/mol. The summed E-state index contributed by atoms with van der Waals surface area (Å²) in [4.78, 5) is 12.9. The van der Waals surface area contributed by atoms with Crippen molar-refractivity contribution in [2.45, 2.75) is 6.54 Å². The molecule has 0 aliphatic carbocycles. The van der Waals surface area contributed by atoms with Gasteiger partial charge in [0.25, 0.3) is 5.91 Å². The maximum absolute atomic E-state index is 13.0. The molecular formula is C15H11FN2O2S. The number of amides is 1. The number of nitrogens with one attached hydrogen (secondary N) is 1. The van der Waals surface area contributed by atoms with Gasteiger partial charge in [-0.15, -0.1) is 11.3 Å². The first-order chi connectivity index (χ1) is 10.2. The molecule has 21 heavy (non-hydrogen) atoms. The largest absolute Gasteiger partial charge is 0.355 e. The minimum absolute atomic E-state index is 0.204. The number of nitrogens with zero attached hydrogens (tertiary/aromatic N) is 1. The van der Waals surface area contributed by atoms with E-state index in [0.717, 1.165) is 4.88 Å². The molecule has 0 aliphatic heterocycles. The number of aromatic nitrogens is 1. The molecule has 6 heteroatoms. The maximum Gasteiger partial charge on any atom is 0.273 e. The molecule has 2 heterocycles. The lowest BCUT2D eigenvalue weighted by molar-refractivity contribution is 0.0942. The molecule has 1 aromatic carbocycles. The highest BCUT2D eigenvalue weighted by molar-refractivity contribution is 7.13. The van der Waals surface area contributed by atoms with Crippen molar-refractivity contribution in [3.8, 4) is 10.6 Å². The van der Waals surface area contributed by atoms with E-state index in [0.29, 0.717) is 11.3 Å². The third kappa shape index (κ3) is 3.17. The predicted octanol–water partition coefficient (Wildman–Crippen LogP) is 3.47. The second-order valence-corrected chi connectivity index (χ2v) is 5.31. The summed E-state index contributed by atoms with van der Waals surface area (Å²) in [6.07, 6.45) is 0. The molecule has 2 aromatic heterocycles. The number of hydrogen-bond donors (Lipinski definition) is 1. The lowest BCUT2D eigenvalue weighted by Crippen LogP contribution is -2.23. The lowest BCUT2D eigenvalue weighted by atomic mass is 10.2. The molecule has 4 nitrogen and oxygen atoms in total. The molecule has 0 unspecified atom stereocenters. The van der Waals surface area contributed by atoms with Gasteiger partial charge in [-0.3, -0.25) is 4.79 Å². The third-order valence-corrected chi connectivity index (χ3v) is 3.73. The van der Waals surface area contributed by atoms with E-state index in [9.17, 15) is 9.18 Å². The van der Waals surface area contributed by atoms with Gasteiger partial charge in [-0.25, -0.2) is 4.39 Å². The summed E-state index contributed by atoms with van der Waals surface area (Å²) in [7, 11) is 0. The monoisotopic (exact) mass is 302 g/mol. The van der Waals surface area contributed by atoms with Crippen molar-refractivity contribution in [3.05, 3.63) is 64.9 Å².